The summed E-state index contributed by atoms with van der Waals surface area (Å²) in [4.78, 5) is 11.4. The van der Waals surface area contributed by atoms with Crippen LogP contribution in [0.4, 0.5) is 0 Å². The van der Waals surface area contributed by atoms with Gasteiger partial charge >= 0.3 is 5.97 Å². The SMILES string of the molecule is CC(=O)OC1CC[C@H]2[C@@H]3CCc4cc(O)ccc4[C@H]3CC[C@]12C. The van der Waals surface area contributed by atoms with Gasteiger partial charge in [-0.25, -0.2) is 0 Å². The third kappa shape index (κ3) is 2.28. The minimum Gasteiger partial charge on any atom is -0.508 e. The second kappa shape index (κ2) is 5.25. The monoisotopic (exact) mass is 314 g/mol. The van der Waals surface area contributed by atoms with E-state index in [9.17, 15) is 9.90 Å². The highest BCUT2D eigenvalue weighted by molar-refractivity contribution is 5.66. The summed E-state index contributed by atoms with van der Waals surface area (Å²) in [6, 6.07) is 5.93. The van der Waals surface area contributed by atoms with Crippen LogP contribution in [0.2, 0.25) is 0 Å². The van der Waals surface area contributed by atoms with Crippen molar-refractivity contribution in [3.8, 4) is 5.75 Å². The maximum atomic E-state index is 11.4. The Morgan fingerprint density at radius 3 is 2.87 bits per heavy atom. The van der Waals surface area contributed by atoms with E-state index in [0.29, 0.717) is 23.5 Å². The molecule has 1 N–H and O–H groups in total. The minimum atomic E-state index is -0.136. The Bertz CT molecular complexity index is 638. The largest absolute Gasteiger partial charge is 0.508 e. The first kappa shape index (κ1) is 15.0. The van der Waals surface area contributed by atoms with Gasteiger partial charge in [-0.15, -0.1) is 0 Å². The molecule has 3 aliphatic rings. The molecule has 1 aromatic rings. The molecule has 2 fully saturated rings. The smallest absolute Gasteiger partial charge is 0.302 e. The normalized spacial score (nSPS) is 38.3. The van der Waals surface area contributed by atoms with Crippen LogP contribution in [0.3, 0.4) is 0 Å². The van der Waals surface area contributed by atoms with Gasteiger partial charge in [0.1, 0.15) is 11.9 Å². The van der Waals surface area contributed by atoms with Gasteiger partial charge in [0.15, 0.2) is 0 Å². The quantitative estimate of drug-likeness (QED) is 0.791. The van der Waals surface area contributed by atoms with E-state index in [2.05, 4.69) is 13.0 Å². The van der Waals surface area contributed by atoms with Crippen molar-refractivity contribution in [2.75, 3.05) is 0 Å². The fourth-order valence-corrected chi connectivity index (χ4v) is 5.91. The third-order valence-electron chi connectivity index (χ3n) is 6.93. The molecule has 3 nitrogen and oxygen atoms in total. The molecule has 0 aromatic heterocycles. The molecule has 0 amide bonds. The van der Waals surface area contributed by atoms with Crippen molar-refractivity contribution in [3.05, 3.63) is 29.3 Å². The number of esters is 1. The minimum absolute atomic E-state index is 0.104. The standard InChI is InChI=1S/C20H26O3/c1-12(21)23-19-8-7-18-17-5-3-13-11-14(22)4-6-15(13)16(17)9-10-20(18,19)2/h4,6,11,16-19,22H,3,5,7-10H2,1-2H3/t16-,17-,18+,19?,20+/m1/s1. The second-order valence-electron chi connectivity index (χ2n) is 8.02. The number of carbonyl (C=O) groups excluding carboxylic acids is 1. The van der Waals surface area contributed by atoms with Crippen LogP contribution in [-0.2, 0) is 16.0 Å². The zero-order valence-corrected chi connectivity index (χ0v) is 14.0. The molecule has 23 heavy (non-hydrogen) atoms. The van der Waals surface area contributed by atoms with Gasteiger partial charge in [0.25, 0.3) is 0 Å². The molecule has 5 atom stereocenters. The van der Waals surface area contributed by atoms with Crippen molar-refractivity contribution in [2.24, 2.45) is 17.3 Å². The van der Waals surface area contributed by atoms with Gasteiger partial charge in [-0.05, 0) is 79.5 Å². The Morgan fingerprint density at radius 2 is 2.09 bits per heavy atom. The lowest BCUT2D eigenvalue weighted by atomic mass is 9.55. The van der Waals surface area contributed by atoms with Gasteiger partial charge in [-0.2, -0.15) is 0 Å². The van der Waals surface area contributed by atoms with Crippen LogP contribution in [0, 0.1) is 17.3 Å². The highest BCUT2D eigenvalue weighted by atomic mass is 16.5. The van der Waals surface area contributed by atoms with E-state index in [1.165, 1.54) is 37.3 Å². The molecule has 4 rings (SSSR count). The lowest BCUT2D eigenvalue weighted by Gasteiger charge is -2.50. The molecule has 0 bridgehead atoms. The van der Waals surface area contributed by atoms with Crippen LogP contribution >= 0.6 is 0 Å². The Hall–Kier alpha value is -1.51. The van der Waals surface area contributed by atoms with Crippen LogP contribution in [-0.4, -0.2) is 17.2 Å². The molecule has 124 valence electrons. The Morgan fingerprint density at radius 1 is 1.26 bits per heavy atom. The molecular weight excluding hydrogens is 288 g/mol. The van der Waals surface area contributed by atoms with Crippen molar-refractivity contribution >= 4 is 5.97 Å². The molecule has 0 heterocycles. The fourth-order valence-electron chi connectivity index (χ4n) is 5.91. The highest BCUT2D eigenvalue weighted by Gasteiger charge is 2.56. The van der Waals surface area contributed by atoms with Gasteiger partial charge in [-0.1, -0.05) is 13.0 Å². The number of benzene rings is 1. The van der Waals surface area contributed by atoms with Crippen molar-refractivity contribution < 1.29 is 14.6 Å². The highest BCUT2D eigenvalue weighted by Crippen LogP contribution is 2.61. The number of aromatic hydroxyl groups is 1. The summed E-state index contributed by atoms with van der Waals surface area (Å²) in [6.45, 7) is 3.88. The lowest BCUT2D eigenvalue weighted by Crippen LogP contribution is -2.45. The van der Waals surface area contributed by atoms with Crippen LogP contribution in [0.25, 0.3) is 0 Å². The third-order valence-corrected chi connectivity index (χ3v) is 6.93. The zero-order chi connectivity index (χ0) is 16.2. The number of aryl methyl sites for hydroxylation is 1. The maximum absolute atomic E-state index is 11.4. The van der Waals surface area contributed by atoms with E-state index >= 15 is 0 Å². The number of carbonyl (C=O) groups is 1. The molecule has 1 unspecified atom stereocenters. The van der Waals surface area contributed by atoms with Crippen molar-refractivity contribution in [2.45, 2.75) is 64.4 Å². The Balaban J connectivity index is 1.63. The first-order valence-electron chi connectivity index (χ1n) is 8.98. The summed E-state index contributed by atoms with van der Waals surface area (Å²) in [5.74, 6) is 2.23. The summed E-state index contributed by atoms with van der Waals surface area (Å²) in [5.41, 5.74) is 2.95. The van der Waals surface area contributed by atoms with Gasteiger partial charge < -0.3 is 9.84 Å². The van der Waals surface area contributed by atoms with Crippen LogP contribution in [0.1, 0.15) is 63.0 Å². The zero-order valence-electron chi connectivity index (χ0n) is 14.0. The van der Waals surface area contributed by atoms with Crippen molar-refractivity contribution in [1.82, 2.24) is 0 Å². The summed E-state index contributed by atoms with van der Waals surface area (Å²) < 4.78 is 5.68. The summed E-state index contributed by atoms with van der Waals surface area (Å²) in [5, 5.41) is 9.75. The molecule has 2 saturated carbocycles. The van der Waals surface area contributed by atoms with E-state index in [4.69, 9.17) is 4.74 Å². The average molecular weight is 314 g/mol. The first-order valence-corrected chi connectivity index (χ1v) is 8.98. The molecule has 0 radical (unpaired) electrons. The Labute approximate surface area is 138 Å². The second-order valence-corrected chi connectivity index (χ2v) is 8.02. The van der Waals surface area contributed by atoms with Crippen molar-refractivity contribution in [1.29, 1.82) is 0 Å². The molecule has 3 heteroatoms. The molecule has 0 aliphatic heterocycles. The molecule has 0 saturated heterocycles. The van der Waals surface area contributed by atoms with Gasteiger partial charge in [-0.3, -0.25) is 4.79 Å². The van der Waals surface area contributed by atoms with Gasteiger partial charge in [0.05, 0.1) is 0 Å². The van der Waals surface area contributed by atoms with Crippen LogP contribution in [0.15, 0.2) is 18.2 Å². The number of phenols is 1. The molecular formula is C20H26O3. The average Bonchev–Trinajstić information content (AvgIpc) is 2.83. The van der Waals surface area contributed by atoms with E-state index in [1.54, 1.807) is 0 Å². The maximum Gasteiger partial charge on any atom is 0.302 e. The number of rotatable bonds is 1. The number of ether oxygens (including phenoxy) is 1. The topological polar surface area (TPSA) is 46.5 Å². The first-order chi connectivity index (χ1) is 11.0. The van der Waals surface area contributed by atoms with Gasteiger partial charge in [0.2, 0.25) is 0 Å². The lowest BCUT2D eigenvalue weighted by molar-refractivity contribution is -0.154. The van der Waals surface area contributed by atoms with Crippen LogP contribution < -0.4 is 0 Å². The van der Waals surface area contributed by atoms with Crippen molar-refractivity contribution in [3.63, 3.8) is 0 Å². The number of phenolic OH excluding ortho intramolecular Hbond substituents is 1. The van der Waals surface area contributed by atoms with E-state index in [0.717, 1.165) is 19.3 Å². The van der Waals surface area contributed by atoms with Gasteiger partial charge in [0, 0.05) is 12.3 Å². The van der Waals surface area contributed by atoms with Crippen LogP contribution in [0.5, 0.6) is 5.75 Å². The number of hydrogen-bond acceptors (Lipinski definition) is 3. The van der Waals surface area contributed by atoms with E-state index in [-0.39, 0.29) is 17.5 Å². The predicted molar refractivity (Wildman–Crippen MR) is 88.3 cm³/mol. The summed E-state index contributed by atoms with van der Waals surface area (Å²) in [6.07, 6.45) is 6.89. The summed E-state index contributed by atoms with van der Waals surface area (Å²) in [7, 11) is 0. The molecule has 0 spiro atoms. The van der Waals surface area contributed by atoms with E-state index in [1.807, 2.05) is 12.1 Å². The number of hydrogen-bond donors (Lipinski definition) is 1. The fraction of sp³-hybridized carbons (Fsp3) is 0.650. The number of fused-ring (bicyclic) bond motifs is 5. The Kier molecular flexibility index (Phi) is 3.44. The summed E-state index contributed by atoms with van der Waals surface area (Å²) >= 11 is 0. The van der Waals surface area contributed by atoms with E-state index < -0.39 is 0 Å². The molecule has 3 aliphatic carbocycles. The predicted octanol–water partition coefficient (Wildman–Crippen LogP) is 4.18. The molecule has 1 aromatic carbocycles.